The molecule has 6 heteroatoms. The van der Waals surface area contributed by atoms with Gasteiger partial charge < -0.3 is 11.1 Å². The molecule has 0 aliphatic rings. The number of nitrogens with zero attached hydrogens (tertiary/aromatic N) is 2. The number of carbonyl (C=O) groups is 1. The maximum absolute atomic E-state index is 11.8. The Balaban J connectivity index is 2.08. The molecule has 0 aliphatic heterocycles. The molecule has 1 aromatic heterocycles. The first-order valence-electron chi connectivity index (χ1n) is 5.72. The Morgan fingerprint density at radius 3 is 2.89 bits per heavy atom. The topological polar surface area (TPSA) is 90.0 Å². The van der Waals surface area contributed by atoms with Gasteiger partial charge in [-0.3, -0.25) is 14.2 Å². The molecule has 0 saturated carbocycles. The largest absolute Gasteiger partial charge is 0.398 e. The Labute approximate surface area is 109 Å². The molecule has 2 aromatic rings. The molecule has 0 fully saturated rings. The highest BCUT2D eigenvalue weighted by Crippen LogP contribution is 2.16. The van der Waals surface area contributed by atoms with Gasteiger partial charge in [-0.25, -0.2) is 4.98 Å². The monoisotopic (exact) mass is 258 g/mol. The van der Waals surface area contributed by atoms with Gasteiger partial charge in [0.05, 0.1) is 6.33 Å². The normalized spacial score (nSPS) is 10.2. The Hall–Kier alpha value is -2.63. The highest BCUT2D eigenvalue weighted by Gasteiger charge is 2.05. The Bertz CT molecular complexity index is 664. The molecule has 0 bridgehead atoms. The molecule has 0 saturated heterocycles. The molecule has 0 aliphatic carbocycles. The molecule has 0 unspecified atom stereocenters. The van der Waals surface area contributed by atoms with Crippen molar-refractivity contribution in [2.45, 2.75) is 13.5 Å². The summed E-state index contributed by atoms with van der Waals surface area (Å²) >= 11 is 0. The van der Waals surface area contributed by atoms with Crippen LogP contribution in [0.3, 0.4) is 0 Å². The number of hydrogen-bond donors (Lipinski definition) is 2. The number of carbonyl (C=O) groups excluding carboxylic acids is 1. The van der Waals surface area contributed by atoms with Crippen LogP contribution >= 0.6 is 0 Å². The summed E-state index contributed by atoms with van der Waals surface area (Å²) in [4.78, 5) is 27.0. The van der Waals surface area contributed by atoms with E-state index in [9.17, 15) is 9.59 Å². The van der Waals surface area contributed by atoms with Crippen LogP contribution in [0.5, 0.6) is 0 Å². The van der Waals surface area contributed by atoms with Crippen molar-refractivity contribution < 1.29 is 4.79 Å². The maximum Gasteiger partial charge on any atom is 0.253 e. The van der Waals surface area contributed by atoms with Crippen LogP contribution < -0.4 is 16.6 Å². The first kappa shape index (κ1) is 12.8. The molecule has 6 nitrogen and oxygen atoms in total. The lowest BCUT2D eigenvalue weighted by Gasteiger charge is -2.08. The van der Waals surface area contributed by atoms with Crippen LogP contribution in [0.1, 0.15) is 5.56 Å². The lowest BCUT2D eigenvalue weighted by molar-refractivity contribution is -0.116. The summed E-state index contributed by atoms with van der Waals surface area (Å²) in [5.41, 5.74) is 7.64. The van der Waals surface area contributed by atoms with Gasteiger partial charge in [-0.15, -0.1) is 0 Å². The fourth-order valence-electron chi connectivity index (χ4n) is 1.57. The third kappa shape index (κ3) is 3.19. The standard InChI is InChI=1S/C13H14N4O2/c1-9-2-3-10(6-11(9)14)16-12(18)7-17-8-15-5-4-13(17)19/h2-6,8H,7,14H2,1H3,(H,16,18). The molecule has 98 valence electrons. The van der Waals surface area contributed by atoms with Crippen molar-refractivity contribution in [2.24, 2.45) is 0 Å². The zero-order valence-electron chi connectivity index (χ0n) is 10.5. The number of anilines is 2. The maximum atomic E-state index is 11.8. The van der Waals surface area contributed by atoms with Gasteiger partial charge in [0.1, 0.15) is 6.54 Å². The van der Waals surface area contributed by atoms with E-state index in [-0.39, 0.29) is 18.0 Å². The molecule has 3 N–H and O–H groups in total. The van der Waals surface area contributed by atoms with E-state index in [1.165, 1.54) is 23.2 Å². The number of amides is 1. The van der Waals surface area contributed by atoms with Crippen molar-refractivity contribution in [1.82, 2.24) is 9.55 Å². The van der Waals surface area contributed by atoms with Crippen LogP contribution in [-0.2, 0) is 11.3 Å². The predicted octanol–water partition coefficient (Wildman–Crippen LogP) is 0.773. The summed E-state index contributed by atoms with van der Waals surface area (Å²) < 4.78 is 1.23. The molecule has 0 radical (unpaired) electrons. The lowest BCUT2D eigenvalue weighted by atomic mass is 10.2. The molecular formula is C13H14N4O2. The number of rotatable bonds is 3. The lowest BCUT2D eigenvalue weighted by Crippen LogP contribution is -2.27. The molecule has 19 heavy (non-hydrogen) atoms. The molecule has 0 spiro atoms. The minimum absolute atomic E-state index is 0.0829. The van der Waals surface area contributed by atoms with Crippen LogP contribution in [0.15, 0.2) is 41.6 Å². The molecule has 2 rings (SSSR count). The quantitative estimate of drug-likeness (QED) is 0.796. The van der Waals surface area contributed by atoms with Crippen LogP contribution in [0, 0.1) is 6.92 Å². The highest BCUT2D eigenvalue weighted by atomic mass is 16.2. The number of aromatic nitrogens is 2. The second-order valence-corrected chi connectivity index (χ2v) is 4.17. The molecule has 1 heterocycles. The Kier molecular flexibility index (Phi) is 3.61. The first-order chi connectivity index (χ1) is 9.06. The van der Waals surface area contributed by atoms with E-state index in [2.05, 4.69) is 10.3 Å². The van der Waals surface area contributed by atoms with Crippen molar-refractivity contribution in [2.75, 3.05) is 11.1 Å². The molecular weight excluding hydrogens is 244 g/mol. The van der Waals surface area contributed by atoms with Crippen molar-refractivity contribution in [3.8, 4) is 0 Å². The van der Waals surface area contributed by atoms with Crippen molar-refractivity contribution in [1.29, 1.82) is 0 Å². The van der Waals surface area contributed by atoms with E-state index < -0.39 is 0 Å². The summed E-state index contributed by atoms with van der Waals surface area (Å²) in [6, 6.07) is 6.56. The van der Waals surface area contributed by atoms with Crippen molar-refractivity contribution >= 4 is 17.3 Å². The van der Waals surface area contributed by atoms with Crippen LogP contribution in [0.2, 0.25) is 0 Å². The smallest absolute Gasteiger partial charge is 0.253 e. The van der Waals surface area contributed by atoms with E-state index in [1.807, 2.05) is 13.0 Å². The third-order valence-corrected chi connectivity index (χ3v) is 2.67. The fourth-order valence-corrected chi connectivity index (χ4v) is 1.57. The number of aryl methyl sites for hydroxylation is 1. The number of nitrogen functional groups attached to an aromatic ring is 1. The summed E-state index contributed by atoms with van der Waals surface area (Å²) in [6.45, 7) is 1.80. The average Bonchev–Trinajstić information content (AvgIpc) is 2.37. The summed E-state index contributed by atoms with van der Waals surface area (Å²) in [6.07, 6.45) is 2.71. The SMILES string of the molecule is Cc1ccc(NC(=O)Cn2cnccc2=O)cc1N. The Morgan fingerprint density at radius 1 is 1.42 bits per heavy atom. The number of nitrogens with two attached hydrogens (primary N) is 1. The summed E-state index contributed by atoms with van der Waals surface area (Å²) in [5.74, 6) is -0.307. The zero-order valence-corrected chi connectivity index (χ0v) is 10.5. The highest BCUT2D eigenvalue weighted by molar-refractivity contribution is 5.91. The van der Waals surface area contributed by atoms with E-state index in [0.29, 0.717) is 11.4 Å². The number of hydrogen-bond acceptors (Lipinski definition) is 4. The van der Waals surface area contributed by atoms with Crippen LogP contribution in [0.4, 0.5) is 11.4 Å². The van der Waals surface area contributed by atoms with Crippen molar-refractivity contribution in [3.63, 3.8) is 0 Å². The second kappa shape index (κ2) is 5.34. The van der Waals surface area contributed by atoms with Gasteiger partial charge in [-0.2, -0.15) is 0 Å². The van der Waals surface area contributed by atoms with E-state index >= 15 is 0 Å². The molecule has 1 aromatic carbocycles. The number of benzene rings is 1. The summed E-state index contributed by atoms with van der Waals surface area (Å²) in [5, 5.41) is 2.68. The minimum Gasteiger partial charge on any atom is -0.398 e. The van der Waals surface area contributed by atoms with E-state index in [1.54, 1.807) is 12.1 Å². The Morgan fingerprint density at radius 2 is 2.21 bits per heavy atom. The van der Waals surface area contributed by atoms with Crippen molar-refractivity contribution in [3.05, 3.63) is 52.7 Å². The zero-order chi connectivity index (χ0) is 13.8. The van der Waals surface area contributed by atoms with Gasteiger partial charge in [0.15, 0.2) is 0 Å². The molecule has 1 amide bonds. The number of nitrogens with one attached hydrogen (secondary N) is 1. The van der Waals surface area contributed by atoms with E-state index in [4.69, 9.17) is 5.73 Å². The second-order valence-electron chi connectivity index (χ2n) is 4.17. The van der Waals surface area contributed by atoms with Gasteiger partial charge in [0.25, 0.3) is 5.56 Å². The van der Waals surface area contributed by atoms with Gasteiger partial charge in [-0.1, -0.05) is 6.07 Å². The fraction of sp³-hybridized carbons (Fsp3) is 0.154. The first-order valence-corrected chi connectivity index (χ1v) is 5.72. The van der Waals surface area contributed by atoms with Gasteiger partial charge in [0, 0.05) is 23.6 Å². The van der Waals surface area contributed by atoms with Gasteiger partial charge >= 0.3 is 0 Å². The third-order valence-electron chi connectivity index (χ3n) is 2.67. The van der Waals surface area contributed by atoms with Crippen LogP contribution in [-0.4, -0.2) is 15.5 Å². The predicted molar refractivity (Wildman–Crippen MR) is 72.7 cm³/mol. The minimum atomic E-state index is -0.307. The molecule has 0 atom stereocenters. The van der Waals surface area contributed by atoms with E-state index in [0.717, 1.165) is 5.56 Å². The average molecular weight is 258 g/mol. The van der Waals surface area contributed by atoms with Gasteiger partial charge in [-0.05, 0) is 24.6 Å². The van der Waals surface area contributed by atoms with Gasteiger partial charge in [0.2, 0.25) is 5.91 Å². The van der Waals surface area contributed by atoms with Crippen LogP contribution in [0.25, 0.3) is 0 Å². The summed E-state index contributed by atoms with van der Waals surface area (Å²) in [7, 11) is 0.